The molecule has 0 bridgehead atoms. The van der Waals surface area contributed by atoms with Crippen LogP contribution in [0.1, 0.15) is 28.6 Å². The predicted molar refractivity (Wildman–Crippen MR) is 146 cm³/mol. The SMILES string of the molecule is CC(=O)N1CCc2c(sc3c2c(=O)n(CCc2ccccc2)c(=O)n3Cc2cc(=O)n3ccccc3n2)C1. The van der Waals surface area contributed by atoms with E-state index in [0.717, 1.165) is 16.0 Å². The Morgan fingerprint density at radius 3 is 2.61 bits per heavy atom. The molecule has 0 unspecified atom stereocenters. The first-order chi connectivity index (χ1) is 18.4. The maximum Gasteiger partial charge on any atom is 0.332 e. The van der Waals surface area contributed by atoms with E-state index in [2.05, 4.69) is 4.98 Å². The third kappa shape index (κ3) is 4.16. The van der Waals surface area contributed by atoms with Gasteiger partial charge in [0.2, 0.25) is 5.91 Å². The average Bonchev–Trinajstić information content (AvgIpc) is 3.30. The van der Waals surface area contributed by atoms with Gasteiger partial charge in [0.1, 0.15) is 10.5 Å². The number of benzene rings is 1. The van der Waals surface area contributed by atoms with Crippen LogP contribution in [-0.2, 0) is 37.3 Å². The van der Waals surface area contributed by atoms with Crippen molar-refractivity contribution in [3.63, 3.8) is 0 Å². The molecular weight excluding hydrogens is 502 g/mol. The molecule has 38 heavy (non-hydrogen) atoms. The van der Waals surface area contributed by atoms with Crippen molar-refractivity contribution in [2.45, 2.75) is 39.4 Å². The van der Waals surface area contributed by atoms with Gasteiger partial charge in [-0.3, -0.25) is 27.9 Å². The highest BCUT2D eigenvalue weighted by molar-refractivity contribution is 7.18. The van der Waals surface area contributed by atoms with E-state index in [1.54, 1.807) is 33.9 Å². The number of hydrogen-bond acceptors (Lipinski definition) is 6. The maximum atomic E-state index is 13.8. The highest BCUT2D eigenvalue weighted by atomic mass is 32.1. The van der Waals surface area contributed by atoms with Gasteiger partial charge in [-0.05, 0) is 36.1 Å². The Morgan fingerprint density at radius 2 is 1.82 bits per heavy atom. The number of carbonyl (C=O) groups is 1. The van der Waals surface area contributed by atoms with E-state index in [9.17, 15) is 19.2 Å². The topological polar surface area (TPSA) is 98.7 Å². The lowest BCUT2D eigenvalue weighted by molar-refractivity contribution is -0.129. The molecule has 0 atom stereocenters. The molecule has 0 saturated carbocycles. The van der Waals surface area contributed by atoms with Gasteiger partial charge in [0.25, 0.3) is 11.1 Å². The standard InChI is InChI=1S/C28H25N5O4S/c1-18(34)30-13-11-21-22(17-30)38-27-25(21)26(36)32(14-10-19-7-3-2-4-8-19)28(37)33(27)16-20-15-24(35)31-12-6-5-9-23(31)29-20/h2-9,12,15H,10-11,13-14,16-17H2,1H3. The van der Waals surface area contributed by atoms with Gasteiger partial charge in [-0.1, -0.05) is 36.4 Å². The lowest BCUT2D eigenvalue weighted by Gasteiger charge is -2.25. The summed E-state index contributed by atoms with van der Waals surface area (Å²) in [5.41, 5.74) is 1.87. The summed E-state index contributed by atoms with van der Waals surface area (Å²) in [4.78, 5) is 60.2. The smallest absolute Gasteiger partial charge is 0.332 e. The van der Waals surface area contributed by atoms with Gasteiger partial charge in [-0.25, -0.2) is 9.78 Å². The second kappa shape index (κ2) is 9.53. The van der Waals surface area contributed by atoms with Crippen molar-refractivity contribution in [2.75, 3.05) is 6.54 Å². The highest BCUT2D eigenvalue weighted by Gasteiger charge is 2.27. The number of amides is 1. The number of carbonyl (C=O) groups excluding carboxylic acids is 1. The minimum absolute atomic E-state index is 0.0217. The van der Waals surface area contributed by atoms with Gasteiger partial charge in [0.15, 0.2) is 0 Å². The number of thiophene rings is 1. The van der Waals surface area contributed by atoms with Gasteiger partial charge in [-0.15, -0.1) is 11.3 Å². The number of aryl methyl sites for hydroxylation is 1. The van der Waals surface area contributed by atoms with Gasteiger partial charge in [0, 0.05) is 37.2 Å². The summed E-state index contributed by atoms with van der Waals surface area (Å²) >= 11 is 1.37. The Bertz CT molecular complexity index is 1880. The Balaban J connectivity index is 1.52. The van der Waals surface area contributed by atoms with E-state index in [0.29, 0.717) is 47.5 Å². The summed E-state index contributed by atoms with van der Waals surface area (Å²) in [5, 5.41) is 0.526. The average molecular weight is 528 g/mol. The lowest BCUT2D eigenvalue weighted by Crippen LogP contribution is -2.41. The van der Waals surface area contributed by atoms with Crippen LogP contribution in [0.2, 0.25) is 0 Å². The number of aromatic nitrogens is 4. The normalized spacial score (nSPS) is 13.2. The minimum atomic E-state index is -0.435. The van der Waals surface area contributed by atoms with Crippen molar-refractivity contribution in [3.8, 4) is 0 Å². The van der Waals surface area contributed by atoms with E-state index >= 15 is 0 Å². The molecule has 1 aliphatic heterocycles. The Kier molecular flexibility index (Phi) is 6.03. The second-order valence-electron chi connectivity index (χ2n) is 9.45. The number of pyridine rings is 1. The fourth-order valence-corrected chi connectivity index (χ4v) is 6.44. The van der Waals surface area contributed by atoms with Crippen molar-refractivity contribution in [3.05, 3.63) is 114 Å². The quantitative estimate of drug-likeness (QED) is 0.350. The second-order valence-corrected chi connectivity index (χ2v) is 10.5. The molecule has 0 N–H and O–H groups in total. The van der Waals surface area contributed by atoms with Crippen molar-refractivity contribution in [1.82, 2.24) is 23.4 Å². The summed E-state index contributed by atoms with van der Waals surface area (Å²) in [6.07, 6.45) is 2.73. The molecule has 5 heterocycles. The van der Waals surface area contributed by atoms with Crippen LogP contribution in [-0.4, -0.2) is 35.9 Å². The first-order valence-electron chi connectivity index (χ1n) is 12.5. The number of rotatable bonds is 5. The molecule has 1 aromatic carbocycles. The molecule has 192 valence electrons. The molecule has 1 aliphatic rings. The van der Waals surface area contributed by atoms with Crippen LogP contribution in [0.5, 0.6) is 0 Å². The van der Waals surface area contributed by atoms with E-state index < -0.39 is 5.69 Å². The van der Waals surface area contributed by atoms with Crippen molar-refractivity contribution in [2.24, 2.45) is 0 Å². The molecule has 9 nitrogen and oxygen atoms in total. The van der Waals surface area contributed by atoms with Crippen LogP contribution < -0.4 is 16.8 Å². The fraction of sp³-hybridized carbons (Fsp3) is 0.250. The van der Waals surface area contributed by atoms with Crippen LogP contribution in [0.4, 0.5) is 0 Å². The minimum Gasteiger partial charge on any atom is -0.337 e. The molecule has 0 fully saturated rings. The largest absolute Gasteiger partial charge is 0.337 e. The number of fused-ring (bicyclic) bond motifs is 4. The van der Waals surface area contributed by atoms with Crippen LogP contribution >= 0.6 is 11.3 Å². The van der Waals surface area contributed by atoms with Gasteiger partial charge >= 0.3 is 5.69 Å². The fourth-order valence-electron chi connectivity index (χ4n) is 5.09. The molecule has 5 aromatic rings. The maximum absolute atomic E-state index is 13.8. The number of hydrogen-bond donors (Lipinski definition) is 0. The van der Waals surface area contributed by atoms with Crippen LogP contribution in [0.3, 0.4) is 0 Å². The third-order valence-electron chi connectivity index (χ3n) is 7.06. The Labute approximate surface area is 220 Å². The molecule has 1 amide bonds. The van der Waals surface area contributed by atoms with Gasteiger partial charge in [-0.2, -0.15) is 0 Å². The first kappa shape index (κ1) is 24.1. The molecule has 4 aromatic heterocycles. The molecule has 0 radical (unpaired) electrons. The zero-order valence-corrected chi connectivity index (χ0v) is 21.6. The first-order valence-corrected chi connectivity index (χ1v) is 13.3. The van der Waals surface area contributed by atoms with Crippen molar-refractivity contribution in [1.29, 1.82) is 0 Å². The summed E-state index contributed by atoms with van der Waals surface area (Å²) in [6.45, 7) is 2.76. The summed E-state index contributed by atoms with van der Waals surface area (Å²) < 4.78 is 4.31. The summed E-state index contributed by atoms with van der Waals surface area (Å²) in [6, 6.07) is 16.4. The van der Waals surface area contributed by atoms with Crippen molar-refractivity contribution < 1.29 is 4.79 Å². The van der Waals surface area contributed by atoms with Crippen LogP contribution in [0, 0.1) is 0 Å². The molecule has 0 spiro atoms. The summed E-state index contributed by atoms with van der Waals surface area (Å²) in [5.74, 6) is -0.0217. The highest BCUT2D eigenvalue weighted by Crippen LogP contribution is 2.33. The zero-order valence-electron chi connectivity index (χ0n) is 20.8. The van der Waals surface area contributed by atoms with Gasteiger partial charge < -0.3 is 4.90 Å². The Hall–Kier alpha value is -4.31. The van der Waals surface area contributed by atoms with E-state index in [1.807, 2.05) is 30.3 Å². The zero-order chi connectivity index (χ0) is 26.4. The molecular formula is C28H25N5O4S. The lowest BCUT2D eigenvalue weighted by atomic mass is 10.1. The molecule has 0 saturated heterocycles. The van der Waals surface area contributed by atoms with E-state index in [1.165, 1.54) is 33.3 Å². The number of nitrogens with zero attached hydrogens (tertiary/aromatic N) is 5. The molecule has 0 aliphatic carbocycles. The molecule has 6 rings (SSSR count). The summed E-state index contributed by atoms with van der Waals surface area (Å²) in [7, 11) is 0. The van der Waals surface area contributed by atoms with Crippen LogP contribution in [0.25, 0.3) is 15.9 Å². The van der Waals surface area contributed by atoms with E-state index in [4.69, 9.17) is 0 Å². The molecule has 10 heteroatoms. The van der Waals surface area contributed by atoms with E-state index in [-0.39, 0.29) is 30.1 Å². The van der Waals surface area contributed by atoms with Crippen LogP contribution in [0.15, 0.2) is 75.2 Å². The van der Waals surface area contributed by atoms with Crippen molar-refractivity contribution >= 4 is 33.1 Å². The monoisotopic (exact) mass is 527 g/mol. The Morgan fingerprint density at radius 1 is 1.03 bits per heavy atom. The third-order valence-corrected chi connectivity index (χ3v) is 8.30. The predicted octanol–water partition coefficient (Wildman–Crippen LogP) is 2.43. The van der Waals surface area contributed by atoms with Gasteiger partial charge in [0.05, 0.1) is 24.2 Å².